The molecule has 2 N–H and O–H groups in total. The first-order valence-corrected chi connectivity index (χ1v) is 6.38. The van der Waals surface area contributed by atoms with Gasteiger partial charge in [-0.05, 0) is 45.9 Å². The third kappa shape index (κ3) is 3.10. The third-order valence-corrected chi connectivity index (χ3v) is 3.93. The molecule has 0 atom stereocenters. The second-order valence-electron chi connectivity index (χ2n) is 5.63. The Morgan fingerprint density at radius 2 is 1.80 bits per heavy atom. The molecule has 0 radical (unpaired) electrons. The minimum Gasteiger partial charge on any atom is -0.481 e. The summed E-state index contributed by atoms with van der Waals surface area (Å²) in [5, 5.41) is 12.0. The minimum absolute atomic E-state index is 0.216. The van der Waals surface area contributed by atoms with Crippen molar-refractivity contribution in [1.29, 1.82) is 0 Å². The standard InChI is InChI=1S/C14H17ClFNO3/c1-13(2,12(19)20)14(3,4)17-11(18)9-7-8(15)5-6-10(9)16/h5-7H,1-4H3,(H,17,18)(H,19,20). The van der Waals surface area contributed by atoms with Gasteiger partial charge in [0, 0.05) is 5.02 Å². The number of benzene rings is 1. The topological polar surface area (TPSA) is 66.4 Å². The number of carboxylic acids is 1. The average Bonchev–Trinajstić information content (AvgIpc) is 2.31. The molecule has 1 amide bonds. The summed E-state index contributed by atoms with van der Waals surface area (Å²) in [7, 11) is 0. The van der Waals surface area contributed by atoms with Gasteiger partial charge >= 0.3 is 5.97 Å². The van der Waals surface area contributed by atoms with E-state index in [2.05, 4.69) is 5.32 Å². The molecule has 0 unspecified atom stereocenters. The summed E-state index contributed by atoms with van der Waals surface area (Å²) in [6.07, 6.45) is 0. The van der Waals surface area contributed by atoms with Crippen molar-refractivity contribution in [3.05, 3.63) is 34.6 Å². The number of carbonyl (C=O) groups is 2. The second kappa shape index (κ2) is 5.40. The van der Waals surface area contributed by atoms with Crippen molar-refractivity contribution in [2.24, 2.45) is 5.41 Å². The first-order chi connectivity index (χ1) is 8.99. The normalized spacial score (nSPS) is 12.1. The lowest BCUT2D eigenvalue weighted by Gasteiger charge is -2.38. The molecule has 0 saturated heterocycles. The van der Waals surface area contributed by atoms with Crippen molar-refractivity contribution < 1.29 is 19.1 Å². The van der Waals surface area contributed by atoms with Crippen LogP contribution >= 0.6 is 11.6 Å². The van der Waals surface area contributed by atoms with Crippen LogP contribution in [-0.2, 0) is 4.79 Å². The van der Waals surface area contributed by atoms with Crippen LogP contribution in [0.4, 0.5) is 4.39 Å². The molecular formula is C14H17ClFNO3. The van der Waals surface area contributed by atoms with Crippen molar-refractivity contribution >= 4 is 23.5 Å². The lowest BCUT2D eigenvalue weighted by Crippen LogP contribution is -2.57. The molecule has 0 saturated carbocycles. The molecule has 0 aliphatic heterocycles. The summed E-state index contributed by atoms with van der Waals surface area (Å²) < 4.78 is 13.6. The summed E-state index contributed by atoms with van der Waals surface area (Å²) in [5.74, 6) is -2.48. The highest BCUT2D eigenvalue weighted by Gasteiger charge is 2.44. The highest BCUT2D eigenvalue weighted by Crippen LogP contribution is 2.31. The molecule has 4 nitrogen and oxygen atoms in total. The quantitative estimate of drug-likeness (QED) is 0.898. The Hall–Kier alpha value is -1.62. The van der Waals surface area contributed by atoms with Crippen LogP contribution in [0.1, 0.15) is 38.1 Å². The fraction of sp³-hybridized carbons (Fsp3) is 0.429. The largest absolute Gasteiger partial charge is 0.481 e. The molecule has 0 aromatic heterocycles. The zero-order valence-corrected chi connectivity index (χ0v) is 12.5. The van der Waals surface area contributed by atoms with Gasteiger partial charge in [-0.3, -0.25) is 9.59 Å². The first kappa shape index (κ1) is 16.4. The van der Waals surface area contributed by atoms with E-state index in [0.29, 0.717) is 0 Å². The Morgan fingerprint density at radius 1 is 1.25 bits per heavy atom. The van der Waals surface area contributed by atoms with Gasteiger partial charge in [0.15, 0.2) is 0 Å². The fourth-order valence-corrected chi connectivity index (χ4v) is 1.62. The zero-order valence-electron chi connectivity index (χ0n) is 11.8. The van der Waals surface area contributed by atoms with Gasteiger partial charge in [0.2, 0.25) is 0 Å². The maximum absolute atomic E-state index is 13.6. The van der Waals surface area contributed by atoms with Crippen molar-refractivity contribution in [1.82, 2.24) is 5.32 Å². The van der Waals surface area contributed by atoms with E-state index in [-0.39, 0.29) is 10.6 Å². The van der Waals surface area contributed by atoms with E-state index in [1.54, 1.807) is 13.8 Å². The predicted molar refractivity (Wildman–Crippen MR) is 74.4 cm³/mol. The van der Waals surface area contributed by atoms with E-state index in [4.69, 9.17) is 11.6 Å². The Labute approximate surface area is 121 Å². The SMILES string of the molecule is CC(C)(NC(=O)c1cc(Cl)ccc1F)C(C)(C)C(=O)O. The van der Waals surface area contributed by atoms with Gasteiger partial charge in [-0.25, -0.2) is 4.39 Å². The van der Waals surface area contributed by atoms with Crippen LogP contribution in [0.3, 0.4) is 0 Å². The third-order valence-electron chi connectivity index (χ3n) is 3.70. The maximum atomic E-state index is 13.6. The number of nitrogens with one attached hydrogen (secondary N) is 1. The van der Waals surface area contributed by atoms with Gasteiger partial charge in [-0.1, -0.05) is 11.6 Å². The molecule has 20 heavy (non-hydrogen) atoms. The lowest BCUT2D eigenvalue weighted by molar-refractivity contribution is -0.150. The van der Waals surface area contributed by atoms with Crippen molar-refractivity contribution in [2.45, 2.75) is 33.2 Å². The van der Waals surface area contributed by atoms with Gasteiger partial charge in [-0.15, -0.1) is 0 Å². The number of carbonyl (C=O) groups excluding carboxylic acids is 1. The van der Waals surface area contributed by atoms with E-state index in [1.807, 2.05) is 0 Å². The summed E-state index contributed by atoms with van der Waals surface area (Å²) in [4.78, 5) is 23.4. The van der Waals surface area contributed by atoms with E-state index in [0.717, 1.165) is 6.07 Å². The molecule has 1 aromatic carbocycles. The molecule has 110 valence electrons. The molecule has 0 aliphatic carbocycles. The molecule has 0 spiro atoms. The molecule has 1 aromatic rings. The van der Waals surface area contributed by atoms with Crippen LogP contribution in [0.2, 0.25) is 5.02 Å². The molecule has 0 heterocycles. The van der Waals surface area contributed by atoms with Gasteiger partial charge < -0.3 is 10.4 Å². The van der Waals surface area contributed by atoms with Crippen LogP contribution in [0.5, 0.6) is 0 Å². The van der Waals surface area contributed by atoms with E-state index in [1.165, 1.54) is 26.0 Å². The zero-order chi connectivity index (χ0) is 15.7. The van der Waals surface area contributed by atoms with Crippen molar-refractivity contribution in [3.8, 4) is 0 Å². The maximum Gasteiger partial charge on any atom is 0.311 e. The summed E-state index contributed by atoms with van der Waals surface area (Å²) in [5.41, 5.74) is -2.52. The Kier molecular flexibility index (Phi) is 4.44. The highest BCUT2D eigenvalue weighted by molar-refractivity contribution is 6.31. The van der Waals surface area contributed by atoms with Crippen molar-refractivity contribution in [2.75, 3.05) is 0 Å². The van der Waals surface area contributed by atoms with E-state index in [9.17, 15) is 19.1 Å². The van der Waals surface area contributed by atoms with E-state index < -0.39 is 28.6 Å². The summed E-state index contributed by atoms with van der Waals surface area (Å²) in [6, 6.07) is 3.63. The van der Waals surface area contributed by atoms with Crippen molar-refractivity contribution in [3.63, 3.8) is 0 Å². The molecule has 0 bridgehead atoms. The summed E-state index contributed by atoms with van der Waals surface area (Å²) >= 11 is 5.73. The minimum atomic E-state index is -1.22. The fourth-order valence-electron chi connectivity index (χ4n) is 1.45. The molecule has 6 heteroatoms. The summed E-state index contributed by atoms with van der Waals surface area (Å²) in [6.45, 7) is 6.12. The highest BCUT2D eigenvalue weighted by atomic mass is 35.5. The molecule has 0 aliphatic rings. The Balaban J connectivity index is 3.06. The first-order valence-electron chi connectivity index (χ1n) is 6.00. The van der Waals surface area contributed by atoms with Gasteiger partial charge in [0.25, 0.3) is 5.91 Å². The monoisotopic (exact) mass is 301 g/mol. The smallest absolute Gasteiger partial charge is 0.311 e. The van der Waals surface area contributed by atoms with Crippen LogP contribution in [0.25, 0.3) is 0 Å². The van der Waals surface area contributed by atoms with Crippen LogP contribution in [-0.4, -0.2) is 22.5 Å². The number of hydrogen-bond acceptors (Lipinski definition) is 2. The van der Waals surface area contributed by atoms with Gasteiger partial charge in [-0.2, -0.15) is 0 Å². The molecular weight excluding hydrogens is 285 g/mol. The number of aliphatic carboxylic acids is 1. The van der Waals surface area contributed by atoms with Gasteiger partial charge in [0.05, 0.1) is 16.5 Å². The Bertz CT molecular complexity index is 555. The number of halogens is 2. The molecule has 1 rings (SSSR count). The number of hydrogen-bond donors (Lipinski definition) is 2. The van der Waals surface area contributed by atoms with Gasteiger partial charge in [0.1, 0.15) is 5.82 Å². The Morgan fingerprint density at radius 3 is 2.30 bits per heavy atom. The number of amides is 1. The van der Waals surface area contributed by atoms with Crippen LogP contribution in [0.15, 0.2) is 18.2 Å². The molecule has 0 fully saturated rings. The predicted octanol–water partition coefficient (Wildman–Crippen LogP) is 3.10. The average molecular weight is 302 g/mol. The van der Waals surface area contributed by atoms with Crippen LogP contribution < -0.4 is 5.32 Å². The number of carboxylic acid groups (broad SMARTS) is 1. The van der Waals surface area contributed by atoms with E-state index >= 15 is 0 Å². The number of rotatable bonds is 4. The lowest BCUT2D eigenvalue weighted by atomic mass is 9.74. The van der Waals surface area contributed by atoms with Crippen LogP contribution in [0, 0.1) is 11.2 Å². The second-order valence-corrected chi connectivity index (χ2v) is 6.07.